The Morgan fingerprint density at radius 1 is 1.30 bits per heavy atom. The summed E-state index contributed by atoms with van der Waals surface area (Å²) in [5.41, 5.74) is 0.319. The lowest BCUT2D eigenvalue weighted by molar-refractivity contribution is -0.113. The summed E-state index contributed by atoms with van der Waals surface area (Å²) >= 11 is 1.20. The molecule has 11 heteroatoms. The van der Waals surface area contributed by atoms with Crippen molar-refractivity contribution in [3.8, 4) is 5.75 Å². The number of H-pyrrole nitrogens is 1. The summed E-state index contributed by atoms with van der Waals surface area (Å²) in [6.45, 7) is 5.03. The standard InChI is InChI=1S/C19H27N5O4S2/c1-13(2)18-21-19(23-22-18)29-12-17(25)20-15-11-14(7-8-16(15)28-3)30(26,27)24-9-5-4-6-10-24/h7-8,11,13H,4-6,9-10,12H2,1-3H3,(H,20,25)(H,21,22,23). The van der Waals surface area contributed by atoms with Crippen LogP contribution in [0.3, 0.4) is 0 Å². The van der Waals surface area contributed by atoms with Crippen LogP contribution < -0.4 is 10.1 Å². The maximum atomic E-state index is 12.9. The Labute approximate surface area is 181 Å². The van der Waals surface area contributed by atoms with Crippen LogP contribution in [-0.4, -0.2) is 59.8 Å². The predicted octanol–water partition coefficient (Wildman–Crippen LogP) is 2.84. The van der Waals surface area contributed by atoms with E-state index in [0.29, 0.717) is 29.7 Å². The second kappa shape index (κ2) is 9.80. The molecular weight excluding hydrogens is 426 g/mol. The molecule has 1 fully saturated rings. The molecule has 1 amide bonds. The van der Waals surface area contributed by atoms with Crippen LogP contribution in [0.25, 0.3) is 0 Å². The van der Waals surface area contributed by atoms with Crippen molar-refractivity contribution in [2.24, 2.45) is 0 Å². The number of hydrogen-bond donors (Lipinski definition) is 2. The zero-order valence-corrected chi connectivity index (χ0v) is 19.0. The molecule has 164 valence electrons. The fraction of sp³-hybridized carbons (Fsp3) is 0.526. The number of aromatic nitrogens is 3. The van der Waals surface area contributed by atoms with Gasteiger partial charge in [-0.15, -0.1) is 5.10 Å². The van der Waals surface area contributed by atoms with Gasteiger partial charge in [0.15, 0.2) is 0 Å². The van der Waals surface area contributed by atoms with E-state index in [-0.39, 0.29) is 22.5 Å². The normalized spacial score (nSPS) is 15.3. The monoisotopic (exact) mass is 453 g/mol. The number of ether oxygens (including phenoxy) is 1. The number of carbonyl (C=O) groups excluding carboxylic acids is 1. The van der Waals surface area contributed by atoms with Crippen molar-refractivity contribution >= 4 is 33.4 Å². The molecule has 0 spiro atoms. The van der Waals surface area contributed by atoms with Crippen molar-refractivity contribution in [1.29, 1.82) is 0 Å². The summed E-state index contributed by atoms with van der Waals surface area (Å²) in [7, 11) is -2.14. The van der Waals surface area contributed by atoms with Gasteiger partial charge in [0, 0.05) is 19.0 Å². The average Bonchev–Trinajstić information content (AvgIpc) is 3.22. The van der Waals surface area contributed by atoms with Gasteiger partial charge in [-0.2, -0.15) is 4.31 Å². The minimum atomic E-state index is -3.61. The molecule has 1 saturated heterocycles. The van der Waals surface area contributed by atoms with Crippen molar-refractivity contribution in [2.45, 2.75) is 49.1 Å². The first-order chi connectivity index (χ1) is 14.3. The maximum absolute atomic E-state index is 12.9. The highest BCUT2D eigenvalue weighted by Crippen LogP contribution is 2.30. The fourth-order valence-corrected chi connectivity index (χ4v) is 5.25. The Balaban J connectivity index is 1.70. The van der Waals surface area contributed by atoms with E-state index in [4.69, 9.17) is 4.74 Å². The number of methoxy groups -OCH3 is 1. The number of carbonyl (C=O) groups is 1. The van der Waals surface area contributed by atoms with Crippen molar-refractivity contribution in [3.05, 3.63) is 24.0 Å². The van der Waals surface area contributed by atoms with Crippen LogP contribution in [0, 0.1) is 0 Å². The largest absolute Gasteiger partial charge is 0.495 e. The molecule has 0 bridgehead atoms. The molecule has 0 radical (unpaired) electrons. The zero-order valence-electron chi connectivity index (χ0n) is 17.3. The molecule has 2 aromatic rings. The van der Waals surface area contributed by atoms with E-state index in [2.05, 4.69) is 20.5 Å². The minimum absolute atomic E-state index is 0.0850. The Morgan fingerprint density at radius 3 is 2.67 bits per heavy atom. The number of piperidine rings is 1. The summed E-state index contributed by atoms with van der Waals surface area (Å²) in [4.78, 5) is 16.9. The third-order valence-corrected chi connectivity index (χ3v) is 7.50. The molecule has 0 aliphatic carbocycles. The quantitative estimate of drug-likeness (QED) is 0.590. The van der Waals surface area contributed by atoms with Gasteiger partial charge in [0.05, 0.1) is 23.4 Å². The van der Waals surface area contributed by atoms with Crippen molar-refractivity contribution in [2.75, 3.05) is 31.3 Å². The number of hydrogen-bond acceptors (Lipinski definition) is 7. The number of benzene rings is 1. The van der Waals surface area contributed by atoms with Crippen molar-refractivity contribution in [1.82, 2.24) is 19.5 Å². The lowest BCUT2D eigenvalue weighted by Gasteiger charge is -2.26. The van der Waals surface area contributed by atoms with Crippen LogP contribution in [0.5, 0.6) is 5.75 Å². The molecule has 1 aliphatic rings. The van der Waals surface area contributed by atoms with Crippen LogP contribution in [0.4, 0.5) is 5.69 Å². The minimum Gasteiger partial charge on any atom is -0.495 e. The highest BCUT2D eigenvalue weighted by Gasteiger charge is 2.27. The number of nitrogens with zero attached hydrogens (tertiary/aromatic N) is 3. The van der Waals surface area contributed by atoms with E-state index in [1.807, 2.05) is 13.8 Å². The van der Waals surface area contributed by atoms with Gasteiger partial charge in [0.2, 0.25) is 21.1 Å². The molecule has 3 rings (SSSR count). The van der Waals surface area contributed by atoms with Crippen LogP contribution in [-0.2, 0) is 14.8 Å². The van der Waals surface area contributed by atoms with Crippen molar-refractivity contribution < 1.29 is 17.9 Å². The van der Waals surface area contributed by atoms with E-state index in [1.165, 1.54) is 35.3 Å². The third kappa shape index (κ3) is 5.32. The first-order valence-corrected chi connectivity index (χ1v) is 12.3. The molecule has 2 heterocycles. The van der Waals surface area contributed by atoms with E-state index in [1.54, 1.807) is 6.07 Å². The molecule has 1 aromatic carbocycles. The zero-order chi connectivity index (χ0) is 21.7. The third-order valence-electron chi connectivity index (χ3n) is 4.76. The van der Waals surface area contributed by atoms with Gasteiger partial charge >= 0.3 is 0 Å². The Hall–Kier alpha value is -2.11. The molecule has 1 aromatic heterocycles. The van der Waals surface area contributed by atoms with Crippen LogP contribution in [0.2, 0.25) is 0 Å². The SMILES string of the molecule is COc1ccc(S(=O)(=O)N2CCCCC2)cc1NC(=O)CSc1n[nH]c(C(C)C)n1. The molecule has 9 nitrogen and oxygen atoms in total. The van der Waals surface area contributed by atoms with Crippen LogP contribution in [0.1, 0.15) is 44.9 Å². The second-order valence-electron chi connectivity index (χ2n) is 7.32. The Morgan fingerprint density at radius 2 is 2.03 bits per heavy atom. The van der Waals surface area contributed by atoms with Gasteiger partial charge in [0.1, 0.15) is 11.6 Å². The lowest BCUT2D eigenvalue weighted by atomic mass is 10.2. The highest BCUT2D eigenvalue weighted by atomic mass is 32.2. The maximum Gasteiger partial charge on any atom is 0.243 e. The number of thioether (sulfide) groups is 1. The molecule has 2 N–H and O–H groups in total. The summed E-state index contributed by atoms with van der Waals surface area (Å²) in [5.74, 6) is 1.15. The number of sulfonamides is 1. The number of amides is 1. The number of aromatic amines is 1. The number of rotatable bonds is 8. The Kier molecular flexibility index (Phi) is 7.37. The summed E-state index contributed by atoms with van der Waals surface area (Å²) in [6.07, 6.45) is 2.75. The first-order valence-electron chi connectivity index (χ1n) is 9.84. The number of nitrogens with one attached hydrogen (secondary N) is 2. The first kappa shape index (κ1) is 22.6. The molecule has 30 heavy (non-hydrogen) atoms. The molecular formula is C19H27N5O4S2. The predicted molar refractivity (Wildman–Crippen MR) is 115 cm³/mol. The van der Waals surface area contributed by atoms with Gasteiger partial charge < -0.3 is 10.1 Å². The molecule has 0 atom stereocenters. The smallest absolute Gasteiger partial charge is 0.243 e. The summed E-state index contributed by atoms with van der Waals surface area (Å²) in [6, 6.07) is 4.52. The molecule has 1 aliphatic heterocycles. The number of anilines is 1. The van der Waals surface area contributed by atoms with E-state index in [9.17, 15) is 13.2 Å². The van der Waals surface area contributed by atoms with Gasteiger partial charge in [-0.05, 0) is 31.0 Å². The topological polar surface area (TPSA) is 117 Å². The highest BCUT2D eigenvalue weighted by molar-refractivity contribution is 7.99. The van der Waals surface area contributed by atoms with Gasteiger partial charge in [0.25, 0.3) is 0 Å². The van der Waals surface area contributed by atoms with E-state index in [0.717, 1.165) is 25.1 Å². The lowest BCUT2D eigenvalue weighted by Crippen LogP contribution is -2.35. The average molecular weight is 454 g/mol. The van der Waals surface area contributed by atoms with Gasteiger partial charge in [-0.3, -0.25) is 9.89 Å². The van der Waals surface area contributed by atoms with Crippen LogP contribution in [0.15, 0.2) is 28.3 Å². The Bertz CT molecular complexity index is 985. The van der Waals surface area contributed by atoms with Crippen molar-refractivity contribution in [3.63, 3.8) is 0 Å². The van der Waals surface area contributed by atoms with Gasteiger partial charge in [-0.25, -0.2) is 13.4 Å². The fourth-order valence-electron chi connectivity index (χ4n) is 3.10. The summed E-state index contributed by atoms with van der Waals surface area (Å²) < 4.78 is 32.7. The second-order valence-corrected chi connectivity index (χ2v) is 10.2. The van der Waals surface area contributed by atoms with E-state index >= 15 is 0 Å². The summed E-state index contributed by atoms with van der Waals surface area (Å²) in [5, 5.41) is 10.2. The molecule has 0 saturated carbocycles. The van der Waals surface area contributed by atoms with E-state index < -0.39 is 10.0 Å². The molecule has 0 unspecified atom stereocenters. The van der Waals surface area contributed by atoms with Crippen LogP contribution >= 0.6 is 11.8 Å². The van der Waals surface area contributed by atoms with Gasteiger partial charge in [-0.1, -0.05) is 32.0 Å².